The summed E-state index contributed by atoms with van der Waals surface area (Å²) in [5.41, 5.74) is 8.27. The highest BCUT2D eigenvalue weighted by Crippen LogP contribution is 2.32. The van der Waals surface area contributed by atoms with Crippen LogP contribution in [0.25, 0.3) is 0 Å². The summed E-state index contributed by atoms with van der Waals surface area (Å²) >= 11 is 0. The van der Waals surface area contributed by atoms with Crippen molar-refractivity contribution < 1.29 is 4.79 Å². The summed E-state index contributed by atoms with van der Waals surface area (Å²) in [5.74, 6) is 0.573. The maximum atomic E-state index is 12.6. The minimum absolute atomic E-state index is 0.0637. The fraction of sp³-hybridized carbons (Fsp3) is 0.409. The van der Waals surface area contributed by atoms with E-state index in [-0.39, 0.29) is 18.5 Å². The van der Waals surface area contributed by atoms with Crippen molar-refractivity contribution >= 4 is 5.91 Å². The molecule has 0 spiro atoms. The number of benzene rings is 2. The van der Waals surface area contributed by atoms with Gasteiger partial charge in [-0.3, -0.25) is 4.79 Å². The quantitative estimate of drug-likeness (QED) is 0.873. The zero-order valence-corrected chi connectivity index (χ0v) is 14.8. The maximum Gasteiger partial charge on any atom is 0.236 e. The molecule has 1 aliphatic carbocycles. The van der Waals surface area contributed by atoms with Gasteiger partial charge in [-0.25, -0.2) is 0 Å². The first-order valence-electron chi connectivity index (χ1n) is 9.35. The fourth-order valence-electron chi connectivity index (χ4n) is 4.04. The summed E-state index contributed by atoms with van der Waals surface area (Å²) in [7, 11) is 0. The molecule has 0 bridgehead atoms. The molecule has 2 unspecified atom stereocenters. The zero-order chi connectivity index (χ0) is 17.5. The Labute approximate surface area is 150 Å². The molecular weight excluding hydrogens is 308 g/mol. The Balaban J connectivity index is 1.79. The highest BCUT2D eigenvalue weighted by molar-refractivity contribution is 5.78. The van der Waals surface area contributed by atoms with Crippen LogP contribution in [0.4, 0.5) is 0 Å². The van der Waals surface area contributed by atoms with Crippen LogP contribution < -0.4 is 5.73 Å². The van der Waals surface area contributed by atoms with Gasteiger partial charge in [-0.2, -0.15) is 0 Å². The molecule has 0 aromatic heterocycles. The summed E-state index contributed by atoms with van der Waals surface area (Å²) in [6.07, 6.45) is 5.75. The molecule has 3 rings (SSSR count). The Morgan fingerprint density at radius 2 is 1.52 bits per heavy atom. The van der Waals surface area contributed by atoms with Crippen molar-refractivity contribution in [2.45, 2.75) is 44.7 Å². The second kappa shape index (κ2) is 8.82. The van der Waals surface area contributed by atoms with Crippen LogP contribution in [0.5, 0.6) is 0 Å². The van der Waals surface area contributed by atoms with Gasteiger partial charge in [0.05, 0.1) is 6.54 Å². The lowest BCUT2D eigenvalue weighted by Gasteiger charge is -2.40. The number of nitrogens with two attached hydrogens (primary N) is 1. The lowest BCUT2D eigenvalue weighted by atomic mass is 9.79. The van der Waals surface area contributed by atoms with Gasteiger partial charge in [0.15, 0.2) is 0 Å². The van der Waals surface area contributed by atoms with Gasteiger partial charge in [0, 0.05) is 12.6 Å². The molecule has 1 aliphatic rings. The molecule has 1 saturated carbocycles. The van der Waals surface area contributed by atoms with Crippen LogP contribution in [0.2, 0.25) is 0 Å². The van der Waals surface area contributed by atoms with E-state index in [9.17, 15) is 4.79 Å². The van der Waals surface area contributed by atoms with Crippen molar-refractivity contribution in [2.24, 2.45) is 11.7 Å². The van der Waals surface area contributed by atoms with E-state index in [1.54, 1.807) is 0 Å². The molecule has 2 aromatic carbocycles. The average molecular weight is 336 g/mol. The first-order valence-corrected chi connectivity index (χ1v) is 9.35. The molecule has 0 heterocycles. The minimum atomic E-state index is 0.0637. The molecule has 0 aliphatic heterocycles. The van der Waals surface area contributed by atoms with Crippen LogP contribution in [0.15, 0.2) is 60.7 Å². The van der Waals surface area contributed by atoms with Crippen molar-refractivity contribution in [1.29, 1.82) is 0 Å². The van der Waals surface area contributed by atoms with E-state index >= 15 is 0 Å². The van der Waals surface area contributed by atoms with E-state index in [4.69, 9.17) is 5.73 Å². The second-order valence-electron chi connectivity index (χ2n) is 7.01. The van der Waals surface area contributed by atoms with E-state index in [2.05, 4.69) is 42.5 Å². The lowest BCUT2D eigenvalue weighted by molar-refractivity contribution is -0.134. The standard InChI is InChI=1S/C22H28N2O/c23-16-22(25)24(17-19-11-5-2-6-12-19)21-14-8-7-13-20(21)15-18-9-3-1-4-10-18/h1-6,9-12,20-21H,7-8,13-17,23H2. The summed E-state index contributed by atoms with van der Waals surface area (Å²) in [6.45, 7) is 0.744. The number of rotatable bonds is 6. The van der Waals surface area contributed by atoms with Gasteiger partial charge in [0.1, 0.15) is 0 Å². The van der Waals surface area contributed by atoms with Gasteiger partial charge in [0.25, 0.3) is 0 Å². The van der Waals surface area contributed by atoms with Crippen LogP contribution >= 0.6 is 0 Å². The van der Waals surface area contributed by atoms with E-state index in [0.29, 0.717) is 12.5 Å². The normalized spacial score (nSPS) is 20.2. The molecule has 3 heteroatoms. The molecule has 0 saturated heterocycles. The Kier molecular flexibility index (Phi) is 6.24. The topological polar surface area (TPSA) is 46.3 Å². The van der Waals surface area contributed by atoms with Crippen molar-refractivity contribution in [3.8, 4) is 0 Å². The predicted molar refractivity (Wildman–Crippen MR) is 102 cm³/mol. The van der Waals surface area contributed by atoms with E-state index in [1.807, 2.05) is 23.1 Å². The molecular formula is C22H28N2O. The van der Waals surface area contributed by atoms with Crippen molar-refractivity contribution in [3.63, 3.8) is 0 Å². The van der Waals surface area contributed by atoms with Crippen molar-refractivity contribution in [2.75, 3.05) is 6.54 Å². The minimum Gasteiger partial charge on any atom is -0.334 e. The maximum absolute atomic E-state index is 12.6. The van der Waals surface area contributed by atoms with Crippen LogP contribution in [0.1, 0.15) is 36.8 Å². The summed E-state index contributed by atoms with van der Waals surface area (Å²) in [5, 5.41) is 0. The Bertz CT molecular complexity index is 656. The first-order chi connectivity index (χ1) is 12.3. The van der Waals surface area contributed by atoms with Crippen LogP contribution in [0, 0.1) is 5.92 Å². The summed E-state index contributed by atoms with van der Waals surface area (Å²) in [4.78, 5) is 14.7. The molecule has 3 nitrogen and oxygen atoms in total. The number of amides is 1. The van der Waals surface area contributed by atoms with Gasteiger partial charge in [-0.1, -0.05) is 73.5 Å². The number of nitrogens with zero attached hydrogens (tertiary/aromatic N) is 1. The molecule has 1 amide bonds. The highest BCUT2D eigenvalue weighted by Gasteiger charge is 2.32. The van der Waals surface area contributed by atoms with Crippen LogP contribution in [0.3, 0.4) is 0 Å². The monoisotopic (exact) mass is 336 g/mol. The average Bonchev–Trinajstić information content (AvgIpc) is 2.68. The molecule has 132 valence electrons. The lowest BCUT2D eigenvalue weighted by Crippen LogP contribution is -2.48. The Morgan fingerprint density at radius 1 is 0.920 bits per heavy atom. The Morgan fingerprint density at radius 3 is 2.16 bits per heavy atom. The van der Waals surface area contributed by atoms with Gasteiger partial charge in [-0.05, 0) is 36.3 Å². The largest absolute Gasteiger partial charge is 0.334 e. The third kappa shape index (κ3) is 4.70. The van der Waals surface area contributed by atoms with Gasteiger partial charge in [0.2, 0.25) is 5.91 Å². The first kappa shape index (κ1) is 17.7. The second-order valence-corrected chi connectivity index (χ2v) is 7.01. The Hall–Kier alpha value is -2.13. The van der Waals surface area contributed by atoms with Gasteiger partial charge in [-0.15, -0.1) is 0 Å². The van der Waals surface area contributed by atoms with E-state index in [0.717, 1.165) is 12.8 Å². The molecule has 2 aromatic rings. The van der Waals surface area contributed by atoms with E-state index < -0.39 is 0 Å². The van der Waals surface area contributed by atoms with Gasteiger partial charge >= 0.3 is 0 Å². The molecule has 2 N–H and O–H groups in total. The van der Waals surface area contributed by atoms with Crippen LogP contribution in [-0.2, 0) is 17.8 Å². The highest BCUT2D eigenvalue weighted by atomic mass is 16.2. The van der Waals surface area contributed by atoms with Crippen molar-refractivity contribution in [1.82, 2.24) is 4.90 Å². The van der Waals surface area contributed by atoms with Gasteiger partial charge < -0.3 is 10.6 Å². The summed E-state index contributed by atoms with van der Waals surface area (Å²) < 4.78 is 0. The third-order valence-corrected chi connectivity index (χ3v) is 5.30. The molecule has 25 heavy (non-hydrogen) atoms. The van der Waals surface area contributed by atoms with Crippen LogP contribution in [-0.4, -0.2) is 23.4 Å². The SMILES string of the molecule is NCC(=O)N(Cc1ccccc1)C1CCCCC1Cc1ccccc1. The third-order valence-electron chi connectivity index (χ3n) is 5.30. The smallest absolute Gasteiger partial charge is 0.236 e. The van der Waals surface area contributed by atoms with Crippen molar-refractivity contribution in [3.05, 3.63) is 71.8 Å². The zero-order valence-electron chi connectivity index (χ0n) is 14.8. The fourth-order valence-corrected chi connectivity index (χ4v) is 4.04. The summed E-state index contributed by atoms with van der Waals surface area (Å²) in [6, 6.07) is 21.2. The van der Waals surface area contributed by atoms with E-state index in [1.165, 1.54) is 30.4 Å². The molecule has 2 atom stereocenters. The molecule has 0 radical (unpaired) electrons. The number of carbonyl (C=O) groups is 1. The number of hydrogen-bond acceptors (Lipinski definition) is 2. The number of hydrogen-bond donors (Lipinski definition) is 1. The molecule has 1 fully saturated rings. The number of carbonyl (C=O) groups excluding carboxylic acids is 1. The predicted octanol–water partition coefficient (Wildman–Crippen LogP) is 3.78.